The smallest absolute Gasteiger partial charge is 0.242 e. The molecule has 25 heavy (non-hydrogen) atoms. The number of ketones is 1. The number of benzene rings is 2. The third-order valence-corrected chi connectivity index (χ3v) is 6.47. The lowest BCUT2D eigenvalue weighted by atomic mass is 10.1. The molecule has 0 spiro atoms. The Morgan fingerprint density at radius 1 is 0.960 bits per heavy atom. The van der Waals surface area contributed by atoms with E-state index in [1.165, 1.54) is 23.5 Å². The maximum Gasteiger partial charge on any atom is 0.242 e. The van der Waals surface area contributed by atoms with Crippen LogP contribution in [0.25, 0.3) is 0 Å². The maximum absolute atomic E-state index is 12.4. The van der Waals surface area contributed by atoms with Crippen molar-refractivity contribution in [1.82, 2.24) is 4.72 Å². The predicted molar refractivity (Wildman–Crippen MR) is 99.7 cm³/mol. The van der Waals surface area contributed by atoms with Crippen LogP contribution in [-0.2, 0) is 16.6 Å². The van der Waals surface area contributed by atoms with Crippen LogP contribution >= 0.6 is 22.9 Å². The van der Waals surface area contributed by atoms with Crippen molar-refractivity contribution in [3.8, 4) is 0 Å². The van der Waals surface area contributed by atoms with Gasteiger partial charge in [-0.3, -0.25) is 4.79 Å². The highest BCUT2D eigenvalue weighted by Gasteiger charge is 2.18. The van der Waals surface area contributed by atoms with E-state index in [-0.39, 0.29) is 22.2 Å². The quantitative estimate of drug-likeness (QED) is 0.643. The first kappa shape index (κ1) is 17.8. The minimum atomic E-state index is -3.71. The van der Waals surface area contributed by atoms with Crippen molar-refractivity contribution in [2.45, 2.75) is 11.4 Å². The molecule has 4 nitrogen and oxygen atoms in total. The molecule has 0 unspecified atom stereocenters. The summed E-state index contributed by atoms with van der Waals surface area (Å²) in [5.41, 5.74) is 0.604. The number of carbonyl (C=O) groups is 1. The van der Waals surface area contributed by atoms with Crippen molar-refractivity contribution in [3.05, 3.63) is 87.1 Å². The van der Waals surface area contributed by atoms with Gasteiger partial charge < -0.3 is 0 Å². The van der Waals surface area contributed by atoms with Gasteiger partial charge in [0.05, 0.1) is 9.90 Å². The van der Waals surface area contributed by atoms with Crippen molar-refractivity contribution >= 4 is 38.7 Å². The average Bonchev–Trinajstić information content (AvgIpc) is 3.09. The van der Waals surface area contributed by atoms with Gasteiger partial charge >= 0.3 is 0 Å². The van der Waals surface area contributed by atoms with Gasteiger partial charge in [0.1, 0.15) is 4.90 Å². The molecule has 0 saturated heterocycles. The van der Waals surface area contributed by atoms with Gasteiger partial charge in [-0.25, -0.2) is 13.1 Å². The number of hydrogen-bond acceptors (Lipinski definition) is 4. The van der Waals surface area contributed by atoms with Crippen molar-refractivity contribution in [2.75, 3.05) is 0 Å². The van der Waals surface area contributed by atoms with E-state index in [2.05, 4.69) is 4.72 Å². The van der Waals surface area contributed by atoms with E-state index in [4.69, 9.17) is 11.6 Å². The van der Waals surface area contributed by atoms with Gasteiger partial charge in [0.25, 0.3) is 0 Å². The van der Waals surface area contributed by atoms with Crippen LogP contribution in [0.2, 0.25) is 5.02 Å². The van der Waals surface area contributed by atoms with Crippen LogP contribution in [-0.4, -0.2) is 14.2 Å². The zero-order valence-corrected chi connectivity index (χ0v) is 15.4. The number of hydrogen-bond donors (Lipinski definition) is 1. The van der Waals surface area contributed by atoms with Crippen LogP contribution in [0.15, 0.2) is 71.6 Å². The molecule has 1 N–H and O–H groups in total. The summed E-state index contributed by atoms with van der Waals surface area (Å²) in [4.78, 5) is 13.7. The molecule has 0 bridgehead atoms. The Hall–Kier alpha value is -1.99. The maximum atomic E-state index is 12.4. The van der Waals surface area contributed by atoms with Crippen LogP contribution in [0, 0.1) is 0 Å². The first-order chi connectivity index (χ1) is 12.0. The van der Waals surface area contributed by atoms with E-state index in [0.717, 1.165) is 4.88 Å². The summed E-state index contributed by atoms with van der Waals surface area (Å²) in [6, 6.07) is 18.7. The van der Waals surface area contributed by atoms with Crippen molar-refractivity contribution < 1.29 is 13.2 Å². The summed E-state index contributed by atoms with van der Waals surface area (Å²) >= 11 is 7.21. The average molecular weight is 392 g/mol. The number of nitrogens with one attached hydrogen (secondary N) is 1. The van der Waals surface area contributed by atoms with E-state index in [1.807, 2.05) is 6.07 Å². The molecule has 7 heteroatoms. The number of rotatable bonds is 6. The van der Waals surface area contributed by atoms with Gasteiger partial charge in [0.2, 0.25) is 15.8 Å². The molecule has 0 aliphatic heterocycles. The SMILES string of the molecule is O=C(c1ccccc1)c1ccc(CNS(=O)(=O)c2ccccc2Cl)s1. The number of carbonyl (C=O) groups excluding carboxylic acids is 1. The lowest BCUT2D eigenvalue weighted by Crippen LogP contribution is -2.23. The third kappa shape index (κ3) is 4.16. The number of thiophene rings is 1. The van der Waals surface area contributed by atoms with Crippen LogP contribution in [0.5, 0.6) is 0 Å². The molecule has 1 heterocycles. The summed E-state index contributed by atoms with van der Waals surface area (Å²) in [7, 11) is -3.71. The molecule has 2 aromatic carbocycles. The molecule has 1 aromatic heterocycles. The normalized spacial score (nSPS) is 11.4. The predicted octanol–water partition coefficient (Wildman–Crippen LogP) is 4.11. The minimum absolute atomic E-state index is 0.0359. The van der Waals surface area contributed by atoms with Crippen molar-refractivity contribution in [3.63, 3.8) is 0 Å². The molecule has 3 rings (SSSR count). The highest BCUT2D eigenvalue weighted by Crippen LogP contribution is 2.23. The summed E-state index contributed by atoms with van der Waals surface area (Å²) in [6.45, 7) is 0.0975. The minimum Gasteiger partial charge on any atom is -0.288 e. The Labute approximate surface area is 155 Å². The summed E-state index contributed by atoms with van der Waals surface area (Å²) in [6.07, 6.45) is 0. The van der Waals surface area contributed by atoms with Gasteiger partial charge in [-0.2, -0.15) is 0 Å². The molecule has 0 amide bonds. The van der Waals surface area contributed by atoms with Gasteiger partial charge in [-0.15, -0.1) is 11.3 Å². The molecule has 128 valence electrons. The fourth-order valence-corrected chi connectivity index (χ4v) is 4.76. The zero-order valence-electron chi connectivity index (χ0n) is 13.0. The van der Waals surface area contributed by atoms with Crippen LogP contribution < -0.4 is 4.72 Å². The van der Waals surface area contributed by atoms with Crippen molar-refractivity contribution in [2.24, 2.45) is 0 Å². The molecule has 0 aliphatic rings. The second kappa shape index (κ2) is 7.49. The molecule has 3 aromatic rings. The van der Waals surface area contributed by atoms with Gasteiger partial charge in [-0.1, -0.05) is 54.1 Å². The van der Waals surface area contributed by atoms with E-state index in [1.54, 1.807) is 48.5 Å². The Morgan fingerprint density at radius 2 is 1.64 bits per heavy atom. The summed E-state index contributed by atoms with van der Waals surface area (Å²) in [5, 5.41) is 0.168. The van der Waals surface area contributed by atoms with E-state index >= 15 is 0 Å². The van der Waals surface area contributed by atoms with Gasteiger partial charge in [0.15, 0.2) is 0 Å². The Kier molecular flexibility index (Phi) is 5.34. The first-order valence-corrected chi connectivity index (χ1v) is 10.1. The van der Waals surface area contributed by atoms with E-state index in [0.29, 0.717) is 10.4 Å². The largest absolute Gasteiger partial charge is 0.288 e. The monoisotopic (exact) mass is 391 g/mol. The van der Waals surface area contributed by atoms with Crippen LogP contribution in [0.1, 0.15) is 20.1 Å². The van der Waals surface area contributed by atoms with E-state index in [9.17, 15) is 13.2 Å². The molecule has 0 atom stereocenters. The van der Waals surface area contributed by atoms with Crippen LogP contribution in [0.3, 0.4) is 0 Å². The topological polar surface area (TPSA) is 63.2 Å². The highest BCUT2D eigenvalue weighted by molar-refractivity contribution is 7.89. The standard InChI is InChI=1S/C18H14ClNO3S2/c19-15-8-4-5-9-17(15)25(22,23)20-12-14-10-11-16(24-14)18(21)13-6-2-1-3-7-13/h1-11,20H,12H2. The molecular weight excluding hydrogens is 378 g/mol. The van der Waals surface area contributed by atoms with Crippen LogP contribution in [0.4, 0.5) is 0 Å². The molecule has 0 saturated carbocycles. The Morgan fingerprint density at radius 3 is 2.36 bits per heavy atom. The fraction of sp³-hybridized carbons (Fsp3) is 0.0556. The molecule has 0 fully saturated rings. The fourth-order valence-electron chi connectivity index (χ4n) is 2.23. The lowest BCUT2D eigenvalue weighted by molar-refractivity contribution is 0.104. The van der Waals surface area contributed by atoms with E-state index < -0.39 is 10.0 Å². The van der Waals surface area contributed by atoms with Gasteiger partial charge in [-0.05, 0) is 24.3 Å². The second-order valence-electron chi connectivity index (χ2n) is 5.22. The van der Waals surface area contributed by atoms with Gasteiger partial charge in [0, 0.05) is 17.0 Å². The Balaban J connectivity index is 1.72. The summed E-state index contributed by atoms with van der Waals surface area (Å²) < 4.78 is 27.2. The third-order valence-electron chi connectivity index (χ3n) is 3.48. The second-order valence-corrected chi connectivity index (χ2v) is 8.53. The molecular formula is C18H14ClNO3S2. The zero-order chi connectivity index (χ0) is 17.9. The summed E-state index contributed by atoms with van der Waals surface area (Å²) in [5.74, 6) is -0.0780. The molecule has 0 aliphatic carbocycles. The Bertz CT molecular complexity index is 998. The highest BCUT2D eigenvalue weighted by atomic mass is 35.5. The molecule has 0 radical (unpaired) electrons. The number of halogens is 1. The first-order valence-electron chi connectivity index (χ1n) is 7.40. The number of sulfonamides is 1. The lowest BCUT2D eigenvalue weighted by Gasteiger charge is -2.07. The van der Waals surface area contributed by atoms with Crippen molar-refractivity contribution in [1.29, 1.82) is 0 Å².